The molecule has 7 nitrogen and oxygen atoms in total. The Kier molecular flexibility index (Phi) is 7.39. The summed E-state index contributed by atoms with van der Waals surface area (Å²) in [5.41, 5.74) is 3.41. The van der Waals surface area contributed by atoms with Crippen molar-refractivity contribution in [2.24, 2.45) is 11.8 Å². The number of carbonyl (C=O) groups is 4. The monoisotopic (exact) mass is 598 g/mol. The third-order valence-electron chi connectivity index (χ3n) is 7.82. The van der Waals surface area contributed by atoms with Crippen LogP contribution >= 0.6 is 23.2 Å². The summed E-state index contributed by atoms with van der Waals surface area (Å²) < 4.78 is 5.43. The van der Waals surface area contributed by atoms with Crippen LogP contribution in [0.2, 0.25) is 10.0 Å². The minimum Gasteiger partial charge on any atom is -0.454 e. The van der Waals surface area contributed by atoms with E-state index in [9.17, 15) is 19.2 Å². The maximum Gasteiger partial charge on any atom is 0.339 e. The first-order valence-corrected chi connectivity index (χ1v) is 14.2. The molecule has 2 heterocycles. The largest absolute Gasteiger partial charge is 0.454 e. The van der Waals surface area contributed by atoms with E-state index >= 15 is 0 Å². The molecule has 2 atom stereocenters. The second-order valence-electron chi connectivity index (χ2n) is 10.3. The van der Waals surface area contributed by atoms with Gasteiger partial charge in [-0.05, 0) is 73.9 Å². The first-order chi connectivity index (χ1) is 20.2. The van der Waals surface area contributed by atoms with Crippen molar-refractivity contribution in [2.45, 2.75) is 19.8 Å². The van der Waals surface area contributed by atoms with E-state index in [0.29, 0.717) is 61.9 Å². The molecule has 1 aliphatic heterocycles. The first kappa shape index (κ1) is 27.8. The van der Waals surface area contributed by atoms with Crippen LogP contribution in [0.5, 0.6) is 0 Å². The number of imide groups is 1. The number of anilines is 1. The van der Waals surface area contributed by atoms with Gasteiger partial charge in [0.2, 0.25) is 11.8 Å². The van der Waals surface area contributed by atoms with Crippen molar-refractivity contribution in [1.29, 1.82) is 0 Å². The van der Waals surface area contributed by atoms with Crippen LogP contribution in [-0.4, -0.2) is 35.2 Å². The highest BCUT2D eigenvalue weighted by molar-refractivity contribution is 6.32. The van der Waals surface area contributed by atoms with Crippen LogP contribution in [0, 0.1) is 18.8 Å². The fourth-order valence-corrected chi connectivity index (χ4v) is 5.76. The number of hydrogen-bond acceptors (Lipinski definition) is 6. The smallest absolute Gasteiger partial charge is 0.339 e. The molecule has 1 fully saturated rings. The van der Waals surface area contributed by atoms with E-state index in [0.717, 1.165) is 0 Å². The van der Waals surface area contributed by atoms with Gasteiger partial charge in [-0.25, -0.2) is 9.78 Å². The summed E-state index contributed by atoms with van der Waals surface area (Å²) in [6.45, 7) is 1.36. The normalized spacial score (nSPS) is 17.9. The van der Waals surface area contributed by atoms with Crippen molar-refractivity contribution in [3.05, 3.63) is 106 Å². The molecule has 0 spiro atoms. The molecular formula is C33H24Cl2N2O5. The lowest BCUT2D eigenvalue weighted by Gasteiger charge is -2.16. The minimum atomic E-state index is -0.686. The van der Waals surface area contributed by atoms with Gasteiger partial charge in [-0.1, -0.05) is 53.6 Å². The average Bonchev–Trinajstić information content (AvgIpc) is 3.27. The lowest BCUT2D eigenvalue weighted by molar-refractivity contribution is -0.122. The highest BCUT2D eigenvalue weighted by Gasteiger charge is 2.47. The lowest BCUT2D eigenvalue weighted by Crippen LogP contribution is -2.30. The summed E-state index contributed by atoms with van der Waals surface area (Å²) >= 11 is 12.3. The van der Waals surface area contributed by atoms with Gasteiger partial charge in [0.15, 0.2) is 12.4 Å². The quantitative estimate of drug-likeness (QED) is 0.102. The number of nitrogens with zero attached hydrogens (tertiary/aromatic N) is 2. The molecule has 2 amide bonds. The zero-order valence-electron chi connectivity index (χ0n) is 22.5. The number of halogens is 2. The number of carbonyl (C=O) groups excluding carboxylic acids is 4. The van der Waals surface area contributed by atoms with Gasteiger partial charge in [-0.15, -0.1) is 0 Å². The number of Topliss-reactive ketones (excluding diaryl/α,β-unsaturated/α-hetero) is 1. The zero-order valence-corrected chi connectivity index (χ0v) is 24.0. The second kappa shape index (κ2) is 11.2. The summed E-state index contributed by atoms with van der Waals surface area (Å²) in [6, 6.07) is 18.2. The number of rotatable bonds is 6. The minimum absolute atomic E-state index is 0.186. The molecule has 9 heteroatoms. The number of aryl methyl sites for hydroxylation is 1. The highest BCUT2D eigenvalue weighted by Crippen LogP contribution is 2.38. The molecule has 2 unspecified atom stereocenters. The van der Waals surface area contributed by atoms with Crippen LogP contribution in [0.3, 0.4) is 0 Å². The van der Waals surface area contributed by atoms with Gasteiger partial charge in [0.25, 0.3) is 0 Å². The molecule has 6 rings (SSSR count). The van der Waals surface area contributed by atoms with Crippen LogP contribution < -0.4 is 4.90 Å². The fourth-order valence-electron chi connectivity index (χ4n) is 5.48. The van der Waals surface area contributed by atoms with Crippen molar-refractivity contribution in [1.82, 2.24) is 4.98 Å². The molecule has 0 bridgehead atoms. The third-order valence-corrected chi connectivity index (χ3v) is 8.48. The summed E-state index contributed by atoms with van der Waals surface area (Å²) in [5.74, 6) is -2.07. The molecule has 0 N–H and O–H groups in total. The highest BCUT2D eigenvalue weighted by atomic mass is 35.5. The Morgan fingerprint density at radius 1 is 0.905 bits per heavy atom. The van der Waals surface area contributed by atoms with E-state index in [-0.39, 0.29) is 35.0 Å². The Hall–Kier alpha value is -4.33. The van der Waals surface area contributed by atoms with E-state index < -0.39 is 12.6 Å². The van der Waals surface area contributed by atoms with Crippen LogP contribution in [-0.2, 0) is 14.3 Å². The van der Waals surface area contributed by atoms with E-state index in [1.54, 1.807) is 66.7 Å². The van der Waals surface area contributed by atoms with Crippen molar-refractivity contribution >= 4 is 63.4 Å². The fraction of sp³-hybridized carbons (Fsp3) is 0.182. The van der Waals surface area contributed by atoms with Gasteiger partial charge in [0.1, 0.15) is 0 Å². The molecule has 0 radical (unpaired) electrons. The number of ether oxygens (including phenoxy) is 1. The SMILES string of the molecule is Cc1c(Cl)ccc2c(C(=O)OCC(=O)c3ccc(Cl)cc3)cc(-c3ccc(N4C(=O)C5CC=CCC5C4=O)cc3)nc12. The number of amides is 2. The summed E-state index contributed by atoms with van der Waals surface area (Å²) in [4.78, 5) is 58.0. The van der Waals surface area contributed by atoms with Gasteiger partial charge in [0, 0.05) is 26.6 Å². The van der Waals surface area contributed by atoms with Crippen LogP contribution in [0.25, 0.3) is 22.2 Å². The van der Waals surface area contributed by atoms with Gasteiger partial charge in [-0.3, -0.25) is 19.3 Å². The van der Waals surface area contributed by atoms with Crippen LogP contribution in [0.4, 0.5) is 5.69 Å². The Balaban J connectivity index is 1.31. The first-order valence-electron chi connectivity index (χ1n) is 13.4. The van der Waals surface area contributed by atoms with Crippen molar-refractivity contribution in [2.75, 3.05) is 11.5 Å². The Morgan fingerprint density at radius 2 is 1.55 bits per heavy atom. The van der Waals surface area contributed by atoms with Gasteiger partial charge < -0.3 is 4.74 Å². The number of aromatic nitrogens is 1. The van der Waals surface area contributed by atoms with E-state index in [2.05, 4.69) is 0 Å². The summed E-state index contributed by atoms with van der Waals surface area (Å²) in [5, 5.41) is 1.52. The van der Waals surface area contributed by atoms with Crippen LogP contribution in [0.15, 0.2) is 78.9 Å². The van der Waals surface area contributed by atoms with E-state index in [4.69, 9.17) is 32.9 Å². The number of allylic oxidation sites excluding steroid dienone is 2. The zero-order chi connectivity index (χ0) is 29.5. The molecule has 2 aliphatic rings. The van der Waals surface area contributed by atoms with Crippen molar-refractivity contribution < 1.29 is 23.9 Å². The number of hydrogen-bond donors (Lipinski definition) is 0. The molecule has 4 aromatic rings. The number of esters is 1. The third kappa shape index (κ3) is 4.99. The predicted octanol–water partition coefficient (Wildman–Crippen LogP) is 7.01. The Bertz CT molecular complexity index is 1770. The number of benzene rings is 3. The molecule has 1 aliphatic carbocycles. The molecular weight excluding hydrogens is 575 g/mol. The van der Waals surface area contributed by atoms with Gasteiger partial charge in [0.05, 0.1) is 34.3 Å². The number of pyridine rings is 1. The van der Waals surface area contributed by atoms with E-state index in [1.165, 1.54) is 4.90 Å². The van der Waals surface area contributed by atoms with Crippen molar-refractivity contribution in [3.63, 3.8) is 0 Å². The Morgan fingerprint density at radius 3 is 2.19 bits per heavy atom. The predicted molar refractivity (Wildman–Crippen MR) is 161 cm³/mol. The summed E-state index contributed by atoms with van der Waals surface area (Å²) in [7, 11) is 0. The summed E-state index contributed by atoms with van der Waals surface area (Å²) in [6.07, 6.45) is 5.04. The molecule has 1 saturated heterocycles. The topological polar surface area (TPSA) is 93.6 Å². The molecule has 42 heavy (non-hydrogen) atoms. The van der Waals surface area contributed by atoms with Crippen molar-refractivity contribution in [3.8, 4) is 11.3 Å². The van der Waals surface area contributed by atoms with E-state index in [1.807, 2.05) is 19.1 Å². The average molecular weight is 599 g/mol. The standard InChI is InChI=1S/C33H24Cl2N2O5/c1-18-27(35)15-14-23-26(33(41)42-17-29(38)20-6-10-21(34)11-7-20)16-28(36-30(18)23)19-8-12-22(13-9-19)37-31(39)24-4-2-3-5-25(24)32(37)40/h2-3,6-16,24-25H,4-5,17H2,1H3. The van der Waals surface area contributed by atoms with Gasteiger partial charge >= 0.3 is 5.97 Å². The molecule has 0 saturated carbocycles. The number of fused-ring (bicyclic) bond motifs is 2. The number of ketones is 1. The maximum absolute atomic E-state index is 13.3. The lowest BCUT2D eigenvalue weighted by atomic mass is 9.85. The molecule has 210 valence electrons. The van der Waals surface area contributed by atoms with Gasteiger partial charge in [-0.2, -0.15) is 0 Å². The molecule has 1 aromatic heterocycles. The molecule has 3 aromatic carbocycles. The Labute approximate surface area is 251 Å². The maximum atomic E-state index is 13.3. The van der Waals surface area contributed by atoms with Crippen LogP contribution in [0.1, 0.15) is 39.1 Å². The second-order valence-corrected chi connectivity index (χ2v) is 11.2.